The quantitative estimate of drug-likeness (QED) is 0.528. The van der Waals surface area contributed by atoms with E-state index in [1.54, 1.807) is 60.7 Å². The Morgan fingerprint density at radius 1 is 0.967 bits per heavy atom. The van der Waals surface area contributed by atoms with Gasteiger partial charge in [-0.25, -0.2) is 8.42 Å². The molecular weight excluding hydrogens is 443 g/mol. The Hall–Kier alpha value is -2.38. The number of hydrogen-bond donors (Lipinski definition) is 1. The Kier molecular flexibility index (Phi) is 7.15. The first-order chi connectivity index (χ1) is 14.3. The van der Waals surface area contributed by atoms with E-state index in [0.717, 1.165) is 9.87 Å². The highest BCUT2D eigenvalue weighted by molar-refractivity contribution is 7.89. The molecule has 0 fully saturated rings. The molecule has 0 heterocycles. The van der Waals surface area contributed by atoms with E-state index in [0.29, 0.717) is 21.3 Å². The van der Waals surface area contributed by atoms with Crippen LogP contribution < -0.4 is 5.32 Å². The lowest BCUT2D eigenvalue weighted by molar-refractivity contribution is -0.116. The molecule has 3 rings (SSSR count). The molecule has 3 aromatic carbocycles. The predicted molar refractivity (Wildman–Crippen MR) is 120 cm³/mol. The van der Waals surface area contributed by atoms with Gasteiger partial charge in [-0.2, -0.15) is 4.31 Å². The van der Waals surface area contributed by atoms with Crippen LogP contribution in [-0.4, -0.2) is 25.2 Å². The summed E-state index contributed by atoms with van der Waals surface area (Å²) in [6.45, 7) is 1.45. The Morgan fingerprint density at radius 2 is 1.67 bits per heavy atom. The van der Waals surface area contributed by atoms with Crippen LogP contribution in [-0.2, 0) is 21.4 Å². The van der Waals surface area contributed by atoms with E-state index in [2.05, 4.69) is 5.32 Å². The molecule has 0 aliphatic carbocycles. The number of carbonyl (C=O) groups is 1. The number of aryl methyl sites for hydroxylation is 1. The van der Waals surface area contributed by atoms with Crippen LogP contribution >= 0.6 is 23.2 Å². The van der Waals surface area contributed by atoms with Crippen LogP contribution in [0.4, 0.5) is 5.69 Å². The van der Waals surface area contributed by atoms with Crippen molar-refractivity contribution in [2.75, 3.05) is 11.9 Å². The van der Waals surface area contributed by atoms with Crippen molar-refractivity contribution in [3.63, 3.8) is 0 Å². The molecule has 30 heavy (non-hydrogen) atoms. The van der Waals surface area contributed by atoms with Gasteiger partial charge in [0.05, 0.1) is 11.4 Å². The van der Waals surface area contributed by atoms with E-state index in [4.69, 9.17) is 23.2 Å². The summed E-state index contributed by atoms with van der Waals surface area (Å²) >= 11 is 12.2. The predicted octanol–water partition coefficient (Wildman–Crippen LogP) is 5.13. The second kappa shape index (κ2) is 9.62. The number of amides is 1. The zero-order chi connectivity index (χ0) is 21.7. The van der Waals surface area contributed by atoms with Crippen molar-refractivity contribution >= 4 is 44.8 Å². The zero-order valence-corrected chi connectivity index (χ0v) is 18.5. The fourth-order valence-corrected chi connectivity index (χ4v) is 4.59. The van der Waals surface area contributed by atoms with Gasteiger partial charge in [0.1, 0.15) is 0 Å². The van der Waals surface area contributed by atoms with Gasteiger partial charge in [-0.05, 0) is 48.9 Å². The summed E-state index contributed by atoms with van der Waals surface area (Å²) in [6.07, 6.45) is 0. The van der Waals surface area contributed by atoms with E-state index >= 15 is 0 Å². The molecule has 0 spiro atoms. The van der Waals surface area contributed by atoms with Gasteiger partial charge in [0.15, 0.2) is 0 Å². The van der Waals surface area contributed by atoms with Crippen LogP contribution in [0.25, 0.3) is 0 Å². The van der Waals surface area contributed by atoms with Crippen LogP contribution in [0, 0.1) is 6.92 Å². The topological polar surface area (TPSA) is 66.5 Å². The lowest BCUT2D eigenvalue weighted by Gasteiger charge is -2.22. The van der Waals surface area contributed by atoms with Gasteiger partial charge >= 0.3 is 0 Å². The molecule has 156 valence electrons. The van der Waals surface area contributed by atoms with Gasteiger partial charge in [-0.15, -0.1) is 0 Å². The number of sulfonamides is 1. The fraction of sp³-hybridized carbons (Fsp3) is 0.136. The van der Waals surface area contributed by atoms with E-state index in [9.17, 15) is 13.2 Å². The van der Waals surface area contributed by atoms with Gasteiger partial charge in [-0.1, -0.05) is 65.2 Å². The summed E-state index contributed by atoms with van der Waals surface area (Å²) in [7, 11) is -3.94. The maximum atomic E-state index is 13.3. The third-order valence-electron chi connectivity index (χ3n) is 4.39. The number of halogens is 2. The SMILES string of the molecule is Cc1ccc(S(=O)(=O)N(CC(=O)Nc2cccc(Cl)c2)Cc2ccccc2Cl)cc1. The minimum atomic E-state index is -3.94. The number of benzene rings is 3. The van der Waals surface area contributed by atoms with E-state index < -0.39 is 15.9 Å². The summed E-state index contributed by atoms with van der Waals surface area (Å²) in [5.41, 5.74) is 2.02. The van der Waals surface area contributed by atoms with Crippen molar-refractivity contribution in [3.05, 3.63) is 94.0 Å². The monoisotopic (exact) mass is 462 g/mol. The standard InChI is InChI=1S/C22H20Cl2N2O3S/c1-16-9-11-20(12-10-16)30(28,29)26(14-17-5-2-3-8-21(17)24)15-22(27)25-19-7-4-6-18(23)13-19/h2-13H,14-15H2,1H3,(H,25,27). The number of nitrogens with one attached hydrogen (secondary N) is 1. The molecule has 0 bridgehead atoms. The van der Waals surface area contributed by atoms with Gasteiger partial charge in [0.25, 0.3) is 0 Å². The molecule has 0 unspecified atom stereocenters. The second-order valence-electron chi connectivity index (χ2n) is 6.74. The molecule has 5 nitrogen and oxygen atoms in total. The molecule has 8 heteroatoms. The Balaban J connectivity index is 1.89. The third kappa shape index (κ3) is 5.61. The van der Waals surface area contributed by atoms with Crippen LogP contribution in [0.5, 0.6) is 0 Å². The maximum absolute atomic E-state index is 13.3. The number of carbonyl (C=O) groups excluding carboxylic acids is 1. The molecule has 0 atom stereocenters. The van der Waals surface area contributed by atoms with Crippen LogP contribution in [0.2, 0.25) is 10.0 Å². The summed E-state index contributed by atoms with van der Waals surface area (Å²) in [5, 5.41) is 3.58. The van der Waals surface area contributed by atoms with Gasteiger partial charge in [0, 0.05) is 22.3 Å². The molecule has 1 N–H and O–H groups in total. The average Bonchev–Trinajstić information content (AvgIpc) is 2.69. The van der Waals surface area contributed by atoms with Crippen molar-refractivity contribution in [3.8, 4) is 0 Å². The second-order valence-corrected chi connectivity index (χ2v) is 9.52. The molecule has 0 aliphatic heterocycles. The lowest BCUT2D eigenvalue weighted by Crippen LogP contribution is -2.37. The fourth-order valence-electron chi connectivity index (χ4n) is 2.83. The van der Waals surface area contributed by atoms with Crippen molar-refractivity contribution in [1.29, 1.82) is 0 Å². The van der Waals surface area contributed by atoms with Gasteiger partial charge in [-0.3, -0.25) is 4.79 Å². The summed E-state index contributed by atoms with van der Waals surface area (Å²) < 4.78 is 27.7. The highest BCUT2D eigenvalue weighted by atomic mass is 35.5. The molecule has 1 amide bonds. The van der Waals surface area contributed by atoms with Crippen molar-refractivity contribution < 1.29 is 13.2 Å². The first-order valence-electron chi connectivity index (χ1n) is 9.11. The molecule has 3 aromatic rings. The van der Waals surface area contributed by atoms with Gasteiger partial charge in [0.2, 0.25) is 15.9 Å². The number of hydrogen-bond acceptors (Lipinski definition) is 3. The smallest absolute Gasteiger partial charge is 0.243 e. The molecule has 0 aromatic heterocycles. The average molecular weight is 463 g/mol. The van der Waals surface area contributed by atoms with Crippen LogP contribution in [0.15, 0.2) is 77.7 Å². The summed E-state index contributed by atoms with van der Waals surface area (Å²) in [6, 6.07) is 20.1. The van der Waals surface area contributed by atoms with E-state index in [1.165, 1.54) is 12.1 Å². The first kappa shape index (κ1) is 22.3. The lowest BCUT2D eigenvalue weighted by atomic mass is 10.2. The van der Waals surface area contributed by atoms with Crippen molar-refractivity contribution in [2.24, 2.45) is 0 Å². The molecule has 0 radical (unpaired) electrons. The van der Waals surface area contributed by atoms with Crippen molar-refractivity contribution in [1.82, 2.24) is 4.31 Å². The molecule has 0 saturated heterocycles. The maximum Gasteiger partial charge on any atom is 0.243 e. The van der Waals surface area contributed by atoms with Crippen molar-refractivity contribution in [2.45, 2.75) is 18.4 Å². The number of rotatable bonds is 7. The molecule has 0 saturated carbocycles. The largest absolute Gasteiger partial charge is 0.325 e. The van der Waals surface area contributed by atoms with E-state index in [1.807, 2.05) is 6.92 Å². The Labute approximate surface area is 186 Å². The minimum absolute atomic E-state index is 0.0428. The normalized spacial score (nSPS) is 11.5. The van der Waals surface area contributed by atoms with Gasteiger partial charge < -0.3 is 5.32 Å². The van der Waals surface area contributed by atoms with Crippen LogP contribution in [0.1, 0.15) is 11.1 Å². The molecular formula is C22H20Cl2N2O3S. The summed E-state index contributed by atoms with van der Waals surface area (Å²) in [4.78, 5) is 12.8. The Morgan fingerprint density at radius 3 is 2.33 bits per heavy atom. The van der Waals surface area contributed by atoms with E-state index in [-0.39, 0.29) is 18.0 Å². The highest BCUT2D eigenvalue weighted by Crippen LogP contribution is 2.23. The minimum Gasteiger partial charge on any atom is -0.325 e. The van der Waals surface area contributed by atoms with Crippen LogP contribution in [0.3, 0.4) is 0 Å². The Bertz CT molecular complexity index is 1150. The first-order valence-corrected chi connectivity index (χ1v) is 11.3. The highest BCUT2D eigenvalue weighted by Gasteiger charge is 2.27. The number of nitrogens with zero attached hydrogens (tertiary/aromatic N) is 1. The third-order valence-corrected chi connectivity index (χ3v) is 6.80. The summed E-state index contributed by atoms with van der Waals surface area (Å²) in [5.74, 6) is -0.486. The zero-order valence-electron chi connectivity index (χ0n) is 16.2. The molecule has 0 aliphatic rings. The number of anilines is 1.